The van der Waals surface area contributed by atoms with E-state index in [4.69, 9.17) is 0 Å². The number of piperidine rings is 1. The Morgan fingerprint density at radius 1 is 1.32 bits per heavy atom. The molecule has 2 heterocycles. The van der Waals surface area contributed by atoms with Crippen molar-refractivity contribution in [2.75, 3.05) is 25.4 Å². The van der Waals surface area contributed by atoms with Crippen LogP contribution < -0.4 is 10.0 Å². The molecule has 0 saturated carbocycles. The highest BCUT2D eigenvalue weighted by Gasteiger charge is 2.30. The Kier molecular flexibility index (Phi) is 4.81. The second-order valence-corrected chi connectivity index (χ2v) is 7.31. The highest BCUT2D eigenvalue weighted by atomic mass is 32.2. The van der Waals surface area contributed by atoms with Crippen LogP contribution in [0.15, 0.2) is 0 Å². The number of hydrogen-bond acceptors (Lipinski definition) is 4. The highest BCUT2D eigenvalue weighted by Crippen LogP contribution is 2.15. The van der Waals surface area contributed by atoms with E-state index >= 15 is 0 Å². The van der Waals surface area contributed by atoms with Crippen molar-refractivity contribution in [1.82, 2.24) is 14.9 Å². The van der Waals surface area contributed by atoms with E-state index in [1.54, 1.807) is 6.92 Å². The van der Waals surface area contributed by atoms with Gasteiger partial charge in [0.1, 0.15) is 0 Å². The number of sulfonamides is 1. The number of carbonyl (C=O) groups is 1. The minimum absolute atomic E-state index is 0.0227. The number of amides is 1. The maximum Gasteiger partial charge on any atom is 0.239 e. The van der Waals surface area contributed by atoms with Gasteiger partial charge >= 0.3 is 0 Å². The van der Waals surface area contributed by atoms with Crippen molar-refractivity contribution in [2.24, 2.45) is 0 Å². The topological polar surface area (TPSA) is 78.5 Å². The maximum atomic E-state index is 12.2. The van der Waals surface area contributed by atoms with Crippen LogP contribution in [-0.2, 0) is 14.8 Å². The molecule has 2 fully saturated rings. The van der Waals surface area contributed by atoms with Crippen molar-refractivity contribution < 1.29 is 13.2 Å². The zero-order valence-corrected chi connectivity index (χ0v) is 12.2. The maximum absolute atomic E-state index is 12.2. The van der Waals surface area contributed by atoms with Crippen LogP contribution in [0.5, 0.6) is 0 Å². The van der Waals surface area contributed by atoms with Gasteiger partial charge < -0.3 is 10.2 Å². The van der Waals surface area contributed by atoms with Crippen molar-refractivity contribution in [2.45, 2.75) is 44.7 Å². The minimum Gasteiger partial charge on any atom is -0.341 e. The summed E-state index contributed by atoms with van der Waals surface area (Å²) in [6.45, 7) is 3.84. The van der Waals surface area contributed by atoms with Crippen molar-refractivity contribution >= 4 is 15.9 Å². The Bertz CT molecular complexity index is 410. The summed E-state index contributed by atoms with van der Waals surface area (Å²) in [6.07, 6.45) is 3.39. The number of carbonyl (C=O) groups excluding carboxylic acids is 1. The van der Waals surface area contributed by atoms with Crippen LogP contribution in [0.25, 0.3) is 0 Å². The minimum atomic E-state index is -3.14. The molecule has 1 amide bonds. The number of nitrogens with one attached hydrogen (secondary N) is 2. The van der Waals surface area contributed by atoms with Crippen LogP contribution in [0.4, 0.5) is 0 Å². The van der Waals surface area contributed by atoms with Gasteiger partial charge in [0.2, 0.25) is 15.9 Å². The summed E-state index contributed by atoms with van der Waals surface area (Å²) in [5.41, 5.74) is 0. The average molecular weight is 289 g/mol. The number of nitrogens with zero attached hydrogens (tertiary/aromatic N) is 1. The second kappa shape index (κ2) is 6.19. The van der Waals surface area contributed by atoms with Gasteiger partial charge in [0, 0.05) is 19.1 Å². The highest BCUT2D eigenvalue weighted by molar-refractivity contribution is 7.89. The molecular weight excluding hydrogens is 266 g/mol. The van der Waals surface area contributed by atoms with E-state index in [0.29, 0.717) is 25.9 Å². The molecule has 2 saturated heterocycles. The standard InChI is InChI=1S/C12H23N3O3S/c1-2-19(17,18)14-10-5-8-15(9-6-10)12(16)11-4-3-7-13-11/h10-11,13-14H,2-9H2,1H3/t11-/m0/s1. The van der Waals surface area contributed by atoms with Gasteiger partial charge in [-0.2, -0.15) is 0 Å². The molecule has 0 aliphatic carbocycles. The molecule has 7 heteroatoms. The van der Waals surface area contributed by atoms with Crippen molar-refractivity contribution in [3.05, 3.63) is 0 Å². The number of likely N-dealkylation sites (tertiary alicyclic amines) is 1. The largest absolute Gasteiger partial charge is 0.341 e. The fourth-order valence-corrected chi connectivity index (χ4v) is 3.58. The van der Waals surface area contributed by atoms with Crippen molar-refractivity contribution in [3.8, 4) is 0 Å². The molecule has 2 N–H and O–H groups in total. The molecule has 2 aliphatic heterocycles. The molecule has 1 atom stereocenters. The molecule has 0 unspecified atom stereocenters. The van der Waals surface area contributed by atoms with Gasteiger partial charge in [-0.25, -0.2) is 13.1 Å². The van der Waals surface area contributed by atoms with Crippen LogP contribution in [0.3, 0.4) is 0 Å². The quantitative estimate of drug-likeness (QED) is 0.743. The first-order valence-corrected chi connectivity index (χ1v) is 8.69. The third-order valence-corrected chi connectivity index (χ3v) is 5.34. The molecule has 0 aromatic carbocycles. The summed E-state index contributed by atoms with van der Waals surface area (Å²) in [6, 6.07) is -0.0468. The van der Waals surface area contributed by atoms with Gasteiger partial charge in [0.05, 0.1) is 11.8 Å². The van der Waals surface area contributed by atoms with Crippen LogP contribution in [0, 0.1) is 0 Å². The lowest BCUT2D eigenvalue weighted by atomic mass is 10.0. The van der Waals surface area contributed by atoms with Gasteiger partial charge in [-0.05, 0) is 39.2 Å². The van der Waals surface area contributed by atoms with Crippen molar-refractivity contribution in [1.29, 1.82) is 0 Å². The molecule has 0 aromatic rings. The van der Waals surface area contributed by atoms with E-state index in [9.17, 15) is 13.2 Å². The summed E-state index contributed by atoms with van der Waals surface area (Å²) in [5.74, 6) is 0.285. The fraction of sp³-hybridized carbons (Fsp3) is 0.917. The summed E-state index contributed by atoms with van der Waals surface area (Å²) in [5, 5.41) is 3.21. The van der Waals surface area contributed by atoms with Crippen LogP contribution >= 0.6 is 0 Å². The lowest BCUT2D eigenvalue weighted by Gasteiger charge is -2.33. The Morgan fingerprint density at radius 2 is 2.00 bits per heavy atom. The first kappa shape index (κ1) is 14.7. The molecule has 6 nitrogen and oxygen atoms in total. The molecule has 19 heavy (non-hydrogen) atoms. The van der Waals surface area contributed by atoms with E-state index in [1.807, 2.05) is 4.90 Å². The third-order valence-electron chi connectivity index (χ3n) is 3.89. The Labute approximate surface area is 115 Å². The second-order valence-electron chi connectivity index (χ2n) is 5.27. The lowest BCUT2D eigenvalue weighted by Crippen LogP contribution is -2.50. The molecule has 0 bridgehead atoms. The molecule has 2 rings (SSSR count). The number of rotatable bonds is 4. The molecule has 2 aliphatic rings. The van der Waals surface area contributed by atoms with Gasteiger partial charge in [-0.15, -0.1) is 0 Å². The average Bonchev–Trinajstić information content (AvgIpc) is 2.92. The molecule has 110 valence electrons. The zero-order valence-electron chi connectivity index (χ0n) is 11.4. The van der Waals surface area contributed by atoms with E-state index in [2.05, 4.69) is 10.0 Å². The summed E-state index contributed by atoms with van der Waals surface area (Å²) in [7, 11) is -3.14. The van der Waals surface area contributed by atoms with Crippen LogP contribution in [-0.4, -0.2) is 56.7 Å². The first-order valence-electron chi connectivity index (χ1n) is 7.04. The fourth-order valence-electron chi connectivity index (χ4n) is 2.67. The Hall–Kier alpha value is -0.660. The van der Waals surface area contributed by atoms with Gasteiger partial charge in [0.25, 0.3) is 0 Å². The normalized spacial score (nSPS) is 25.7. The predicted octanol–water partition coefficient (Wildman–Crippen LogP) is -0.331. The van der Waals surface area contributed by atoms with E-state index in [-0.39, 0.29) is 23.7 Å². The monoisotopic (exact) mass is 289 g/mol. The zero-order chi connectivity index (χ0) is 13.9. The smallest absolute Gasteiger partial charge is 0.239 e. The van der Waals surface area contributed by atoms with Gasteiger partial charge in [-0.1, -0.05) is 0 Å². The van der Waals surface area contributed by atoms with E-state index < -0.39 is 10.0 Å². The summed E-state index contributed by atoms with van der Waals surface area (Å²) in [4.78, 5) is 14.0. The summed E-state index contributed by atoms with van der Waals surface area (Å²) < 4.78 is 25.7. The van der Waals surface area contributed by atoms with Gasteiger partial charge in [-0.3, -0.25) is 4.79 Å². The lowest BCUT2D eigenvalue weighted by molar-refractivity contribution is -0.134. The molecule has 0 radical (unpaired) electrons. The SMILES string of the molecule is CCS(=O)(=O)NC1CCN(C(=O)[C@@H]2CCCN2)CC1. The van der Waals surface area contributed by atoms with E-state index in [1.165, 1.54) is 0 Å². The van der Waals surface area contributed by atoms with Crippen LogP contribution in [0.2, 0.25) is 0 Å². The van der Waals surface area contributed by atoms with Crippen molar-refractivity contribution in [3.63, 3.8) is 0 Å². The molecule has 0 aromatic heterocycles. The van der Waals surface area contributed by atoms with Crippen LogP contribution in [0.1, 0.15) is 32.6 Å². The molecular formula is C12H23N3O3S. The Balaban J connectivity index is 1.80. The van der Waals surface area contributed by atoms with E-state index in [0.717, 1.165) is 19.4 Å². The predicted molar refractivity (Wildman–Crippen MR) is 73.2 cm³/mol. The molecule has 0 spiro atoms. The van der Waals surface area contributed by atoms with Gasteiger partial charge in [0.15, 0.2) is 0 Å². The first-order chi connectivity index (χ1) is 9.02. The Morgan fingerprint density at radius 3 is 2.53 bits per heavy atom. The summed E-state index contributed by atoms with van der Waals surface area (Å²) >= 11 is 0. The third kappa shape index (κ3) is 3.90. The number of hydrogen-bond donors (Lipinski definition) is 2.